The lowest BCUT2D eigenvalue weighted by Gasteiger charge is -2.20. The number of amides is 2. The normalized spacial score (nSPS) is 23.5. The van der Waals surface area contributed by atoms with Crippen molar-refractivity contribution in [3.8, 4) is 0 Å². The molecule has 1 aliphatic heterocycles. The number of carbonyl (C=O) groups is 2. The topological polar surface area (TPSA) is 69.6 Å². The second-order valence-corrected chi connectivity index (χ2v) is 6.67. The first-order valence-electron chi connectivity index (χ1n) is 6.90. The lowest BCUT2D eigenvalue weighted by molar-refractivity contribution is -0.132. The Morgan fingerprint density at radius 1 is 1.37 bits per heavy atom. The molecule has 110 valence electrons. The van der Waals surface area contributed by atoms with Gasteiger partial charge in [0.25, 0.3) is 0 Å². The summed E-state index contributed by atoms with van der Waals surface area (Å²) in [6.07, 6.45) is 1.69. The minimum atomic E-state index is -0.740. The Labute approximate surface area is 115 Å². The molecule has 0 bridgehead atoms. The van der Waals surface area contributed by atoms with Crippen LogP contribution in [0.25, 0.3) is 0 Å². The van der Waals surface area contributed by atoms with Gasteiger partial charge in [0.15, 0.2) is 0 Å². The minimum Gasteiger partial charge on any atom is -0.388 e. The van der Waals surface area contributed by atoms with Crippen molar-refractivity contribution in [2.45, 2.75) is 52.6 Å². The lowest BCUT2D eigenvalue weighted by atomic mass is 9.96. The summed E-state index contributed by atoms with van der Waals surface area (Å²) in [7, 11) is 0. The van der Waals surface area contributed by atoms with Gasteiger partial charge in [0.1, 0.15) is 0 Å². The molecule has 0 saturated carbocycles. The van der Waals surface area contributed by atoms with E-state index in [0.717, 1.165) is 0 Å². The molecule has 1 saturated heterocycles. The van der Waals surface area contributed by atoms with Gasteiger partial charge >= 0.3 is 0 Å². The summed E-state index contributed by atoms with van der Waals surface area (Å²) in [6, 6.07) is 0. The molecule has 0 spiro atoms. The van der Waals surface area contributed by atoms with Crippen LogP contribution in [0.2, 0.25) is 0 Å². The van der Waals surface area contributed by atoms with E-state index < -0.39 is 11.0 Å². The SMILES string of the molecule is CC1(O)CCN(C(=O)CCCNC(=O)C(C)(C)C)C1. The van der Waals surface area contributed by atoms with Crippen molar-refractivity contribution in [1.29, 1.82) is 0 Å². The van der Waals surface area contributed by atoms with E-state index in [0.29, 0.717) is 38.9 Å². The number of nitrogens with one attached hydrogen (secondary N) is 1. The van der Waals surface area contributed by atoms with Crippen LogP contribution < -0.4 is 5.32 Å². The molecule has 0 aromatic rings. The van der Waals surface area contributed by atoms with Gasteiger partial charge in [0.2, 0.25) is 11.8 Å². The van der Waals surface area contributed by atoms with Crippen LogP contribution in [0.4, 0.5) is 0 Å². The van der Waals surface area contributed by atoms with E-state index in [4.69, 9.17) is 0 Å². The zero-order valence-electron chi connectivity index (χ0n) is 12.5. The number of hydrogen-bond donors (Lipinski definition) is 2. The van der Waals surface area contributed by atoms with E-state index in [1.54, 1.807) is 11.8 Å². The molecule has 0 radical (unpaired) electrons. The van der Waals surface area contributed by atoms with Gasteiger partial charge in [-0.2, -0.15) is 0 Å². The van der Waals surface area contributed by atoms with Crippen LogP contribution in [0.3, 0.4) is 0 Å². The van der Waals surface area contributed by atoms with E-state index in [1.807, 2.05) is 20.8 Å². The predicted octanol–water partition coefficient (Wildman–Crippen LogP) is 0.912. The summed E-state index contributed by atoms with van der Waals surface area (Å²) < 4.78 is 0. The number of carbonyl (C=O) groups excluding carboxylic acids is 2. The maximum Gasteiger partial charge on any atom is 0.225 e. The third kappa shape index (κ3) is 5.19. The molecule has 1 rings (SSSR count). The van der Waals surface area contributed by atoms with Gasteiger partial charge in [-0.05, 0) is 19.8 Å². The first kappa shape index (κ1) is 16.0. The molecule has 19 heavy (non-hydrogen) atoms. The fourth-order valence-corrected chi connectivity index (χ4v) is 2.02. The monoisotopic (exact) mass is 270 g/mol. The van der Waals surface area contributed by atoms with E-state index in [9.17, 15) is 14.7 Å². The molecule has 2 N–H and O–H groups in total. The number of likely N-dealkylation sites (tertiary alicyclic amines) is 1. The van der Waals surface area contributed by atoms with Gasteiger partial charge < -0.3 is 15.3 Å². The van der Waals surface area contributed by atoms with Gasteiger partial charge in [0.05, 0.1) is 5.60 Å². The standard InChI is InChI=1S/C14H26N2O3/c1-13(2,3)12(18)15-8-5-6-11(17)16-9-7-14(4,19)10-16/h19H,5-10H2,1-4H3,(H,15,18). The smallest absolute Gasteiger partial charge is 0.225 e. The highest BCUT2D eigenvalue weighted by Crippen LogP contribution is 2.20. The Morgan fingerprint density at radius 2 is 2.00 bits per heavy atom. The van der Waals surface area contributed by atoms with Crippen LogP contribution in [0.15, 0.2) is 0 Å². The number of rotatable bonds is 4. The summed E-state index contributed by atoms with van der Waals surface area (Å²) in [5.74, 6) is 0.0619. The molecule has 2 amide bonds. The highest BCUT2D eigenvalue weighted by Gasteiger charge is 2.33. The van der Waals surface area contributed by atoms with Gasteiger partial charge in [-0.25, -0.2) is 0 Å². The zero-order valence-corrected chi connectivity index (χ0v) is 12.5. The van der Waals surface area contributed by atoms with E-state index in [2.05, 4.69) is 5.32 Å². The van der Waals surface area contributed by atoms with Crippen LogP contribution in [0, 0.1) is 5.41 Å². The molecule has 1 heterocycles. The van der Waals surface area contributed by atoms with E-state index >= 15 is 0 Å². The van der Waals surface area contributed by atoms with Crippen molar-refractivity contribution >= 4 is 11.8 Å². The minimum absolute atomic E-state index is 0.00375. The third-order valence-corrected chi connectivity index (χ3v) is 3.34. The van der Waals surface area contributed by atoms with Crippen LogP contribution >= 0.6 is 0 Å². The van der Waals surface area contributed by atoms with Crippen molar-refractivity contribution in [3.63, 3.8) is 0 Å². The van der Waals surface area contributed by atoms with Crippen LogP contribution in [0.1, 0.15) is 47.0 Å². The van der Waals surface area contributed by atoms with Crippen molar-refractivity contribution in [1.82, 2.24) is 10.2 Å². The molecule has 1 aliphatic rings. The molecular formula is C14H26N2O3. The molecule has 1 fully saturated rings. The molecular weight excluding hydrogens is 244 g/mol. The maximum atomic E-state index is 11.9. The zero-order chi connectivity index (χ0) is 14.7. The van der Waals surface area contributed by atoms with Crippen LogP contribution in [0.5, 0.6) is 0 Å². The number of hydrogen-bond acceptors (Lipinski definition) is 3. The fourth-order valence-electron chi connectivity index (χ4n) is 2.02. The predicted molar refractivity (Wildman–Crippen MR) is 73.5 cm³/mol. The molecule has 5 nitrogen and oxygen atoms in total. The first-order valence-corrected chi connectivity index (χ1v) is 6.90. The highest BCUT2D eigenvalue weighted by atomic mass is 16.3. The van der Waals surface area contributed by atoms with E-state index in [1.165, 1.54) is 0 Å². The highest BCUT2D eigenvalue weighted by molar-refractivity contribution is 5.81. The van der Waals surface area contributed by atoms with E-state index in [-0.39, 0.29) is 11.8 Å². The first-order chi connectivity index (χ1) is 8.62. The Kier molecular flexibility index (Phi) is 4.96. The quantitative estimate of drug-likeness (QED) is 0.746. The molecule has 0 aromatic carbocycles. The summed E-state index contributed by atoms with van der Waals surface area (Å²) in [5.41, 5.74) is -1.13. The van der Waals surface area contributed by atoms with Crippen molar-refractivity contribution in [2.75, 3.05) is 19.6 Å². The van der Waals surface area contributed by atoms with Gasteiger partial charge in [0, 0.05) is 31.5 Å². The largest absolute Gasteiger partial charge is 0.388 e. The summed E-state index contributed by atoms with van der Waals surface area (Å²) >= 11 is 0. The third-order valence-electron chi connectivity index (χ3n) is 3.34. The second-order valence-electron chi connectivity index (χ2n) is 6.67. The molecule has 5 heteroatoms. The number of nitrogens with zero attached hydrogens (tertiary/aromatic N) is 1. The van der Waals surface area contributed by atoms with Crippen molar-refractivity contribution in [2.24, 2.45) is 5.41 Å². The van der Waals surface area contributed by atoms with Gasteiger partial charge in [-0.15, -0.1) is 0 Å². The van der Waals surface area contributed by atoms with Gasteiger partial charge in [-0.1, -0.05) is 20.8 Å². The maximum absolute atomic E-state index is 11.9. The Morgan fingerprint density at radius 3 is 2.47 bits per heavy atom. The summed E-state index contributed by atoms with van der Waals surface area (Å²) in [4.78, 5) is 25.2. The average Bonchev–Trinajstić information content (AvgIpc) is 2.63. The fraction of sp³-hybridized carbons (Fsp3) is 0.857. The molecule has 0 aromatic heterocycles. The second kappa shape index (κ2) is 5.90. The Balaban J connectivity index is 2.20. The summed E-state index contributed by atoms with van der Waals surface area (Å²) in [6.45, 7) is 8.90. The van der Waals surface area contributed by atoms with Gasteiger partial charge in [-0.3, -0.25) is 9.59 Å². The molecule has 0 aliphatic carbocycles. The number of β-amino-alcohol motifs (C(OH)–C–C–N with tert-alkyl or cyclic N) is 1. The molecule has 1 atom stereocenters. The Hall–Kier alpha value is -1.10. The lowest BCUT2D eigenvalue weighted by Crippen LogP contribution is -2.36. The van der Waals surface area contributed by atoms with Crippen LogP contribution in [-0.4, -0.2) is 47.1 Å². The summed E-state index contributed by atoms with van der Waals surface area (Å²) in [5, 5.41) is 12.6. The molecule has 1 unspecified atom stereocenters. The average molecular weight is 270 g/mol. The van der Waals surface area contributed by atoms with Crippen molar-refractivity contribution < 1.29 is 14.7 Å². The Bertz CT molecular complexity index is 345. The number of aliphatic hydroxyl groups is 1. The van der Waals surface area contributed by atoms with Crippen molar-refractivity contribution in [3.05, 3.63) is 0 Å². The van der Waals surface area contributed by atoms with Crippen LogP contribution in [-0.2, 0) is 9.59 Å².